The Kier molecular flexibility index (Phi) is 2.68. The van der Waals surface area contributed by atoms with Gasteiger partial charge in [0.2, 0.25) is 0 Å². The maximum Gasteiger partial charge on any atom is 0.433 e. The third-order valence-electron chi connectivity index (χ3n) is 2.58. The predicted octanol–water partition coefficient (Wildman–Crippen LogP) is 3.09. The third kappa shape index (κ3) is 2.46. The van der Waals surface area contributed by atoms with Gasteiger partial charge in [0.15, 0.2) is 0 Å². The van der Waals surface area contributed by atoms with Gasteiger partial charge in [0.25, 0.3) is 0 Å². The van der Waals surface area contributed by atoms with Crippen LogP contribution in [0.15, 0.2) is 18.3 Å². The Balaban J connectivity index is 2.21. The molecule has 5 heteroatoms. The second-order valence-corrected chi connectivity index (χ2v) is 3.77. The topological polar surface area (TPSA) is 16.1 Å². The van der Waals surface area contributed by atoms with Gasteiger partial charge in [-0.2, -0.15) is 13.2 Å². The highest BCUT2D eigenvalue weighted by Crippen LogP contribution is 2.30. The summed E-state index contributed by atoms with van der Waals surface area (Å²) >= 11 is 0. The van der Waals surface area contributed by atoms with E-state index in [9.17, 15) is 13.2 Å². The molecule has 0 aromatic carbocycles. The summed E-state index contributed by atoms with van der Waals surface area (Å²) in [7, 11) is 0. The van der Waals surface area contributed by atoms with Gasteiger partial charge in [-0.1, -0.05) is 0 Å². The number of piperidine rings is 1. The van der Waals surface area contributed by atoms with Crippen LogP contribution < -0.4 is 4.90 Å². The van der Waals surface area contributed by atoms with E-state index in [-0.39, 0.29) is 6.40 Å². The molecular formula is C11H13F3N2. The quantitative estimate of drug-likeness (QED) is 0.738. The van der Waals surface area contributed by atoms with Crippen molar-refractivity contribution >= 4 is 5.69 Å². The Morgan fingerprint density at radius 1 is 1.31 bits per heavy atom. The summed E-state index contributed by atoms with van der Waals surface area (Å²) in [6, 6.07) is 2.62. The first kappa shape index (κ1) is 9.93. The number of anilines is 1. The number of halogens is 3. The molecule has 0 radical (unpaired) electrons. The van der Waals surface area contributed by atoms with Crippen molar-refractivity contribution in [3.05, 3.63) is 24.0 Å². The summed E-state index contributed by atoms with van der Waals surface area (Å²) in [6.07, 6.45) is -1.80. The maximum absolute atomic E-state index is 12.5. The maximum atomic E-state index is 12.5. The van der Waals surface area contributed by atoms with E-state index in [1.54, 1.807) is 6.07 Å². The second-order valence-electron chi connectivity index (χ2n) is 3.77. The third-order valence-corrected chi connectivity index (χ3v) is 2.58. The van der Waals surface area contributed by atoms with E-state index in [2.05, 4.69) is 4.98 Å². The number of rotatable bonds is 1. The molecule has 1 aromatic rings. The van der Waals surface area contributed by atoms with E-state index in [4.69, 9.17) is 1.37 Å². The lowest BCUT2D eigenvalue weighted by atomic mass is 10.1. The molecule has 88 valence electrons. The van der Waals surface area contributed by atoms with Crippen molar-refractivity contribution in [2.75, 3.05) is 18.0 Å². The van der Waals surface area contributed by atoms with Crippen LogP contribution >= 0.6 is 0 Å². The van der Waals surface area contributed by atoms with Crippen LogP contribution in [0.1, 0.15) is 26.3 Å². The smallest absolute Gasteiger partial charge is 0.371 e. The van der Waals surface area contributed by atoms with Crippen LogP contribution in [-0.2, 0) is 6.18 Å². The van der Waals surface area contributed by atoms with Crippen LogP contribution in [0.4, 0.5) is 18.9 Å². The molecule has 0 aliphatic carbocycles. The van der Waals surface area contributed by atoms with Crippen molar-refractivity contribution in [1.82, 2.24) is 4.98 Å². The molecule has 1 aliphatic rings. The van der Waals surface area contributed by atoms with Gasteiger partial charge in [0.05, 0.1) is 0 Å². The normalized spacial score (nSPS) is 23.1. The van der Waals surface area contributed by atoms with E-state index in [0.29, 0.717) is 18.8 Å². The Hall–Kier alpha value is -1.26. The Bertz CT molecular complexity index is 395. The summed E-state index contributed by atoms with van der Waals surface area (Å²) in [5.41, 5.74) is -0.369. The van der Waals surface area contributed by atoms with Crippen LogP contribution in [0, 0.1) is 0 Å². The molecule has 0 bridgehead atoms. The van der Waals surface area contributed by atoms with Gasteiger partial charge < -0.3 is 4.90 Å². The summed E-state index contributed by atoms with van der Waals surface area (Å²) < 4.78 is 45.1. The SMILES string of the molecule is [2H][C@@H]1CCCN(c2ccnc(C(F)(F)F)c2)C1. The van der Waals surface area contributed by atoms with Crippen LogP contribution in [0.2, 0.25) is 0 Å². The van der Waals surface area contributed by atoms with E-state index < -0.39 is 11.9 Å². The van der Waals surface area contributed by atoms with Gasteiger partial charge in [0, 0.05) is 26.3 Å². The summed E-state index contributed by atoms with van der Waals surface area (Å²) in [4.78, 5) is 5.14. The Labute approximate surface area is 93.5 Å². The second kappa shape index (κ2) is 4.31. The van der Waals surface area contributed by atoms with Crippen molar-refractivity contribution in [2.45, 2.75) is 25.4 Å². The standard InChI is InChI=1S/C11H13F3N2/c12-11(13,14)10-8-9(4-5-15-10)16-6-2-1-3-7-16/h4-5,8H,1-3,6-7H2/i2D/t2-/m1/s1. The average molecular weight is 231 g/mol. The molecule has 1 atom stereocenters. The first-order valence-electron chi connectivity index (χ1n) is 5.75. The average Bonchev–Trinajstić information content (AvgIpc) is 2.28. The lowest BCUT2D eigenvalue weighted by molar-refractivity contribution is -0.141. The monoisotopic (exact) mass is 231 g/mol. The van der Waals surface area contributed by atoms with Crippen LogP contribution in [0.5, 0.6) is 0 Å². The minimum atomic E-state index is -4.41. The van der Waals surface area contributed by atoms with Crippen molar-refractivity contribution < 1.29 is 14.5 Å². The largest absolute Gasteiger partial charge is 0.433 e. The highest BCUT2D eigenvalue weighted by molar-refractivity contribution is 5.47. The van der Waals surface area contributed by atoms with E-state index in [0.717, 1.165) is 18.9 Å². The molecule has 0 amide bonds. The molecule has 1 aliphatic heterocycles. The molecule has 1 aromatic heterocycles. The zero-order valence-electron chi connectivity index (χ0n) is 9.67. The van der Waals surface area contributed by atoms with Crippen LogP contribution in [0.25, 0.3) is 0 Å². The molecule has 1 saturated heterocycles. The molecule has 2 nitrogen and oxygen atoms in total. The minimum Gasteiger partial charge on any atom is -0.371 e. The zero-order chi connectivity index (χ0) is 12.5. The number of hydrogen-bond acceptors (Lipinski definition) is 2. The fourth-order valence-corrected chi connectivity index (χ4v) is 1.77. The van der Waals surface area contributed by atoms with Crippen LogP contribution in [-0.4, -0.2) is 18.1 Å². The van der Waals surface area contributed by atoms with Crippen molar-refractivity contribution in [2.24, 2.45) is 0 Å². The molecule has 0 spiro atoms. The lowest BCUT2D eigenvalue weighted by Crippen LogP contribution is -2.29. The molecular weight excluding hydrogens is 217 g/mol. The van der Waals surface area contributed by atoms with Crippen molar-refractivity contribution in [3.8, 4) is 0 Å². The van der Waals surface area contributed by atoms with E-state index in [1.165, 1.54) is 6.20 Å². The first-order chi connectivity index (χ1) is 7.97. The van der Waals surface area contributed by atoms with Crippen LogP contribution in [0.3, 0.4) is 0 Å². The predicted molar refractivity (Wildman–Crippen MR) is 55.3 cm³/mol. The van der Waals surface area contributed by atoms with Gasteiger partial charge >= 0.3 is 6.18 Å². The van der Waals surface area contributed by atoms with E-state index >= 15 is 0 Å². The molecule has 2 heterocycles. The summed E-state index contributed by atoms with van der Waals surface area (Å²) in [6.45, 7) is 1.19. The molecule has 0 N–H and O–H groups in total. The summed E-state index contributed by atoms with van der Waals surface area (Å²) in [5, 5.41) is 0. The Morgan fingerprint density at radius 2 is 2.12 bits per heavy atom. The number of aromatic nitrogens is 1. The molecule has 0 saturated carbocycles. The lowest BCUT2D eigenvalue weighted by Gasteiger charge is -2.29. The molecule has 0 unspecified atom stereocenters. The fraction of sp³-hybridized carbons (Fsp3) is 0.545. The minimum absolute atomic E-state index is 0.216. The summed E-state index contributed by atoms with van der Waals surface area (Å²) in [5.74, 6) is 0. The molecule has 1 fully saturated rings. The number of nitrogens with zero attached hydrogens (tertiary/aromatic N) is 2. The number of hydrogen-bond donors (Lipinski definition) is 0. The molecule has 16 heavy (non-hydrogen) atoms. The highest BCUT2D eigenvalue weighted by Gasteiger charge is 2.32. The zero-order valence-corrected chi connectivity index (χ0v) is 8.67. The molecule has 2 rings (SSSR count). The van der Waals surface area contributed by atoms with Crippen molar-refractivity contribution in [3.63, 3.8) is 0 Å². The number of alkyl halides is 3. The van der Waals surface area contributed by atoms with E-state index in [1.807, 2.05) is 4.90 Å². The Morgan fingerprint density at radius 3 is 2.81 bits per heavy atom. The highest BCUT2D eigenvalue weighted by atomic mass is 19.4. The van der Waals surface area contributed by atoms with Gasteiger partial charge in [0.1, 0.15) is 5.69 Å². The number of pyridine rings is 1. The van der Waals surface area contributed by atoms with Gasteiger partial charge in [-0.3, -0.25) is 4.98 Å². The first-order valence-corrected chi connectivity index (χ1v) is 5.17. The van der Waals surface area contributed by atoms with Gasteiger partial charge in [-0.15, -0.1) is 0 Å². The fourth-order valence-electron chi connectivity index (χ4n) is 1.77. The van der Waals surface area contributed by atoms with Gasteiger partial charge in [-0.25, -0.2) is 0 Å². The van der Waals surface area contributed by atoms with Crippen molar-refractivity contribution in [1.29, 1.82) is 0 Å². The van der Waals surface area contributed by atoms with Gasteiger partial charge in [-0.05, 0) is 31.4 Å².